The van der Waals surface area contributed by atoms with E-state index >= 15 is 0 Å². The molecule has 4 aliphatic rings. The zero-order valence-electron chi connectivity index (χ0n) is 17.4. The molecule has 5 rings (SSSR count). The Hall–Kier alpha value is -0.813. The van der Waals surface area contributed by atoms with E-state index < -0.39 is 8.07 Å². The summed E-state index contributed by atoms with van der Waals surface area (Å²) in [5, 5.41) is 2.10. The quantitative estimate of drug-likeness (QED) is 0.336. The molecular formula is C25H24Br2SSi. The molecule has 0 amide bonds. The monoisotopic (exact) mass is 542 g/mol. The van der Waals surface area contributed by atoms with Crippen LogP contribution in [0.25, 0.3) is 6.08 Å². The first-order valence-corrected chi connectivity index (χ1v) is 15.6. The average molecular weight is 544 g/mol. The number of allylic oxidation sites excluding steroid dienone is 8. The maximum Gasteiger partial charge on any atom is 0.0934 e. The van der Waals surface area contributed by atoms with E-state index in [0.29, 0.717) is 10.8 Å². The zero-order chi connectivity index (χ0) is 20.7. The maximum absolute atomic E-state index is 3.78. The number of thioether (sulfide) groups is 1. The van der Waals surface area contributed by atoms with Crippen LogP contribution in [0, 0.1) is 0 Å². The van der Waals surface area contributed by atoms with E-state index in [1.54, 1.807) is 5.20 Å². The Morgan fingerprint density at radius 3 is 2.48 bits per heavy atom. The van der Waals surface area contributed by atoms with Gasteiger partial charge in [-0.1, -0.05) is 70.5 Å². The lowest BCUT2D eigenvalue weighted by Crippen LogP contribution is -2.39. The van der Waals surface area contributed by atoms with Gasteiger partial charge in [-0.15, -0.1) is 11.8 Å². The number of rotatable bonds is 2. The van der Waals surface area contributed by atoms with Crippen molar-refractivity contribution in [1.29, 1.82) is 0 Å². The Morgan fingerprint density at radius 1 is 0.966 bits per heavy atom. The third kappa shape index (κ3) is 2.89. The molecule has 0 bridgehead atoms. The second-order valence-corrected chi connectivity index (χ2v) is 17.0. The van der Waals surface area contributed by atoms with Gasteiger partial charge in [-0.2, -0.15) is 0 Å². The van der Waals surface area contributed by atoms with E-state index in [4.69, 9.17) is 0 Å². The minimum atomic E-state index is -1.83. The van der Waals surface area contributed by atoms with Gasteiger partial charge in [0.1, 0.15) is 0 Å². The Labute approximate surface area is 195 Å². The molecule has 0 radical (unpaired) electrons. The van der Waals surface area contributed by atoms with E-state index in [2.05, 4.69) is 108 Å². The first-order chi connectivity index (χ1) is 13.7. The summed E-state index contributed by atoms with van der Waals surface area (Å²) in [6, 6.07) is 6.71. The van der Waals surface area contributed by atoms with Crippen molar-refractivity contribution in [2.24, 2.45) is 0 Å². The van der Waals surface area contributed by atoms with Crippen molar-refractivity contribution in [3.8, 4) is 0 Å². The molecule has 0 nitrogen and oxygen atoms in total. The van der Waals surface area contributed by atoms with Crippen molar-refractivity contribution in [1.82, 2.24) is 0 Å². The molecule has 4 heteroatoms. The molecule has 0 saturated heterocycles. The van der Waals surface area contributed by atoms with Gasteiger partial charge >= 0.3 is 0 Å². The molecule has 0 N–H and O–H groups in total. The van der Waals surface area contributed by atoms with Crippen LogP contribution in [0.3, 0.4) is 0 Å². The SMILES string of the molecule is CC1=Cc2c(Br)cccc2C1[Si](C)(C)C1=C(C)C=C2C1=CC1SC(Br)=CC1=C2C. The fraction of sp³-hybridized carbons (Fsp3) is 0.280. The molecule has 0 spiro atoms. The van der Waals surface area contributed by atoms with Crippen molar-refractivity contribution in [2.75, 3.05) is 0 Å². The molecule has 1 heterocycles. The van der Waals surface area contributed by atoms with Crippen LogP contribution in [0.15, 0.2) is 83.3 Å². The van der Waals surface area contributed by atoms with Crippen molar-refractivity contribution >= 4 is 57.8 Å². The van der Waals surface area contributed by atoms with Gasteiger partial charge in [0.25, 0.3) is 0 Å². The third-order valence-corrected chi connectivity index (χ3v) is 13.5. The molecular weight excluding hydrogens is 520 g/mol. The summed E-state index contributed by atoms with van der Waals surface area (Å²) in [4.78, 5) is 0. The molecule has 29 heavy (non-hydrogen) atoms. The van der Waals surface area contributed by atoms with Crippen molar-refractivity contribution in [3.05, 3.63) is 94.5 Å². The topological polar surface area (TPSA) is 0 Å². The number of hydrogen-bond acceptors (Lipinski definition) is 1. The Balaban J connectivity index is 1.61. The smallest absolute Gasteiger partial charge is 0.0934 e. The summed E-state index contributed by atoms with van der Waals surface area (Å²) in [6.45, 7) is 12.1. The summed E-state index contributed by atoms with van der Waals surface area (Å²) in [5.74, 6) is 0. The van der Waals surface area contributed by atoms with Gasteiger partial charge in [-0.3, -0.25) is 0 Å². The van der Waals surface area contributed by atoms with Gasteiger partial charge in [0.2, 0.25) is 0 Å². The maximum atomic E-state index is 3.78. The number of halogens is 2. The molecule has 2 atom stereocenters. The minimum Gasteiger partial charge on any atom is -0.106 e. The summed E-state index contributed by atoms with van der Waals surface area (Å²) < 4.78 is 2.47. The number of fused-ring (bicyclic) bond motifs is 3. The van der Waals surface area contributed by atoms with Gasteiger partial charge < -0.3 is 0 Å². The largest absolute Gasteiger partial charge is 0.106 e. The predicted molar refractivity (Wildman–Crippen MR) is 138 cm³/mol. The highest BCUT2D eigenvalue weighted by atomic mass is 79.9. The first kappa shape index (κ1) is 20.1. The third-order valence-electron chi connectivity index (χ3n) is 6.88. The Morgan fingerprint density at radius 2 is 1.72 bits per heavy atom. The van der Waals surface area contributed by atoms with E-state index in [0.717, 1.165) is 0 Å². The Kier molecular flexibility index (Phi) is 4.75. The highest BCUT2D eigenvalue weighted by molar-refractivity contribution is 9.14. The summed E-state index contributed by atoms with van der Waals surface area (Å²) in [7, 11) is -1.83. The van der Waals surface area contributed by atoms with Gasteiger partial charge in [0.05, 0.1) is 17.1 Å². The second-order valence-electron chi connectivity index (χ2n) is 9.05. The lowest BCUT2D eigenvalue weighted by Gasteiger charge is -2.36. The molecule has 0 fully saturated rings. The van der Waals surface area contributed by atoms with Crippen LogP contribution in [0.1, 0.15) is 37.4 Å². The standard InChI is InChI=1S/C25H24Br2SSi/c1-13-9-17-15(3)18-12-23(27)28-22(18)11-20(17)25(13)29(4,5)24-14(2)10-19-16(24)7-6-8-21(19)26/h6-12,22,24H,1-5H3. The van der Waals surface area contributed by atoms with Crippen LogP contribution in [-0.4, -0.2) is 13.3 Å². The van der Waals surface area contributed by atoms with Gasteiger partial charge in [0.15, 0.2) is 0 Å². The molecule has 0 saturated carbocycles. The molecule has 148 valence electrons. The fourth-order valence-electron chi connectivity index (χ4n) is 5.84. The van der Waals surface area contributed by atoms with Gasteiger partial charge in [-0.05, 0) is 87.5 Å². The van der Waals surface area contributed by atoms with Crippen LogP contribution in [0.5, 0.6) is 0 Å². The van der Waals surface area contributed by atoms with Crippen LogP contribution in [0.2, 0.25) is 13.1 Å². The summed E-state index contributed by atoms with van der Waals surface area (Å²) >= 11 is 9.43. The number of hydrogen-bond donors (Lipinski definition) is 0. The van der Waals surface area contributed by atoms with Crippen molar-refractivity contribution in [2.45, 2.75) is 44.7 Å². The summed E-state index contributed by atoms with van der Waals surface area (Å²) in [6.07, 6.45) is 9.71. The highest BCUT2D eigenvalue weighted by Crippen LogP contribution is 2.55. The lowest BCUT2D eigenvalue weighted by atomic mass is 9.89. The minimum absolute atomic E-state index is 0.448. The van der Waals surface area contributed by atoms with Gasteiger partial charge in [0, 0.05) is 10.0 Å². The zero-order valence-corrected chi connectivity index (χ0v) is 22.3. The highest BCUT2D eigenvalue weighted by Gasteiger charge is 2.45. The molecule has 3 aliphatic carbocycles. The van der Waals surface area contributed by atoms with Gasteiger partial charge in [-0.25, -0.2) is 0 Å². The van der Waals surface area contributed by atoms with Crippen molar-refractivity contribution in [3.63, 3.8) is 0 Å². The van der Waals surface area contributed by atoms with E-state index in [9.17, 15) is 0 Å². The molecule has 1 aromatic rings. The Bertz CT molecular complexity index is 1160. The normalized spacial score (nSPS) is 25.5. The second kappa shape index (κ2) is 6.85. The number of benzene rings is 1. The first-order valence-electron chi connectivity index (χ1n) is 10.1. The molecule has 1 aliphatic heterocycles. The molecule has 0 aromatic heterocycles. The fourth-order valence-corrected chi connectivity index (χ4v) is 12.7. The molecule has 1 aromatic carbocycles. The van der Waals surface area contributed by atoms with Crippen LogP contribution < -0.4 is 0 Å². The molecule has 2 unspecified atom stereocenters. The lowest BCUT2D eigenvalue weighted by molar-refractivity contribution is 1.07. The van der Waals surface area contributed by atoms with E-state index in [1.807, 2.05) is 11.8 Å². The van der Waals surface area contributed by atoms with E-state index in [1.165, 1.54) is 52.9 Å². The van der Waals surface area contributed by atoms with E-state index in [-0.39, 0.29) is 0 Å². The van der Waals surface area contributed by atoms with Crippen molar-refractivity contribution < 1.29 is 0 Å². The van der Waals surface area contributed by atoms with Crippen LogP contribution in [-0.2, 0) is 0 Å². The predicted octanol–water partition coefficient (Wildman–Crippen LogP) is 8.60. The summed E-state index contributed by atoms with van der Waals surface area (Å²) in [5.41, 5.74) is 12.3. The van der Waals surface area contributed by atoms with Crippen LogP contribution in [0.4, 0.5) is 0 Å². The van der Waals surface area contributed by atoms with Crippen LogP contribution >= 0.6 is 43.6 Å². The average Bonchev–Trinajstić information content (AvgIpc) is 3.28.